The maximum absolute atomic E-state index is 12.0. The first-order valence-electron chi connectivity index (χ1n) is 6.71. The first-order chi connectivity index (χ1) is 10.1. The number of carbonyl (C=O) groups excluding carboxylic acids is 2. The molecule has 0 radical (unpaired) electrons. The van der Waals surface area contributed by atoms with Gasteiger partial charge in [0.2, 0.25) is 5.91 Å². The van der Waals surface area contributed by atoms with Gasteiger partial charge in [0.1, 0.15) is 5.60 Å². The number of nitrogens with one attached hydrogen (secondary N) is 1. The molecule has 0 fully saturated rings. The number of hydrogen-bond donors (Lipinski definition) is 3. The summed E-state index contributed by atoms with van der Waals surface area (Å²) in [6.45, 7) is 5.12. The van der Waals surface area contributed by atoms with Gasteiger partial charge in [-0.25, -0.2) is 4.79 Å². The molecule has 0 saturated heterocycles. The van der Waals surface area contributed by atoms with Crippen LogP contribution in [-0.2, 0) is 14.3 Å². The quantitative estimate of drug-likeness (QED) is 0.707. The molecule has 0 spiro atoms. The van der Waals surface area contributed by atoms with Crippen LogP contribution in [0.25, 0.3) is 0 Å². The molecule has 120 valence electrons. The van der Waals surface area contributed by atoms with Gasteiger partial charge in [-0.1, -0.05) is 12.1 Å². The molecule has 1 amide bonds. The number of para-hydroxylation sites is 1. The first kappa shape index (κ1) is 17.6. The van der Waals surface area contributed by atoms with Gasteiger partial charge >= 0.3 is 11.9 Å². The lowest BCUT2D eigenvalue weighted by Crippen LogP contribution is -2.39. The van der Waals surface area contributed by atoms with Gasteiger partial charge in [0.15, 0.2) is 0 Å². The van der Waals surface area contributed by atoms with Crippen LogP contribution >= 0.6 is 0 Å². The number of benzene rings is 1. The fourth-order valence-corrected chi connectivity index (χ4v) is 1.66. The second-order valence-electron chi connectivity index (χ2n) is 5.74. The standard InChI is InChI=1S/C15H20N2O5/c1-15(2,3)22-12(18)8-10(16)13(19)17-11-7-5-4-6-9(11)14(20)21/h4-7,10H,8,16H2,1-3H3,(H,17,19)(H,20,21)/t10-/m0/s1. The monoisotopic (exact) mass is 308 g/mol. The minimum Gasteiger partial charge on any atom is -0.478 e. The average Bonchev–Trinajstić information content (AvgIpc) is 2.36. The summed E-state index contributed by atoms with van der Waals surface area (Å²) in [5, 5.41) is 11.4. The molecule has 0 aromatic heterocycles. The van der Waals surface area contributed by atoms with Crippen LogP contribution in [0, 0.1) is 0 Å². The van der Waals surface area contributed by atoms with Crippen molar-refractivity contribution in [2.75, 3.05) is 5.32 Å². The Balaban J connectivity index is 2.69. The van der Waals surface area contributed by atoms with Crippen LogP contribution in [-0.4, -0.2) is 34.6 Å². The van der Waals surface area contributed by atoms with E-state index in [1.54, 1.807) is 32.9 Å². The van der Waals surface area contributed by atoms with Crippen molar-refractivity contribution >= 4 is 23.5 Å². The zero-order chi connectivity index (χ0) is 16.9. The molecule has 4 N–H and O–H groups in total. The predicted molar refractivity (Wildman–Crippen MR) is 80.5 cm³/mol. The molecule has 0 heterocycles. The maximum atomic E-state index is 12.0. The highest BCUT2D eigenvalue weighted by Gasteiger charge is 2.23. The van der Waals surface area contributed by atoms with Gasteiger partial charge in [-0.2, -0.15) is 0 Å². The molecule has 0 unspecified atom stereocenters. The number of carbonyl (C=O) groups is 3. The number of anilines is 1. The van der Waals surface area contributed by atoms with Crippen molar-refractivity contribution < 1.29 is 24.2 Å². The second-order valence-corrected chi connectivity index (χ2v) is 5.74. The summed E-state index contributed by atoms with van der Waals surface area (Å²) in [4.78, 5) is 34.6. The predicted octanol–water partition coefficient (Wildman–Crippen LogP) is 1.38. The molecular formula is C15H20N2O5. The molecule has 0 bridgehead atoms. The van der Waals surface area contributed by atoms with E-state index in [1.165, 1.54) is 12.1 Å². The molecule has 7 nitrogen and oxygen atoms in total. The third-order valence-electron chi connectivity index (χ3n) is 2.56. The summed E-state index contributed by atoms with van der Waals surface area (Å²) >= 11 is 0. The molecule has 7 heteroatoms. The van der Waals surface area contributed by atoms with Crippen LogP contribution in [0.1, 0.15) is 37.6 Å². The highest BCUT2D eigenvalue weighted by molar-refractivity contribution is 6.02. The fourth-order valence-electron chi connectivity index (χ4n) is 1.66. The summed E-state index contributed by atoms with van der Waals surface area (Å²) in [5.41, 5.74) is 5.06. The molecule has 22 heavy (non-hydrogen) atoms. The minimum absolute atomic E-state index is 0.0553. The van der Waals surface area contributed by atoms with Crippen molar-refractivity contribution in [1.82, 2.24) is 0 Å². The van der Waals surface area contributed by atoms with E-state index in [9.17, 15) is 14.4 Å². The van der Waals surface area contributed by atoms with E-state index >= 15 is 0 Å². The maximum Gasteiger partial charge on any atom is 0.337 e. The molecular weight excluding hydrogens is 288 g/mol. The number of aromatic carboxylic acids is 1. The zero-order valence-corrected chi connectivity index (χ0v) is 12.8. The van der Waals surface area contributed by atoms with Crippen molar-refractivity contribution in [2.24, 2.45) is 5.73 Å². The molecule has 1 aromatic rings. The third-order valence-corrected chi connectivity index (χ3v) is 2.56. The van der Waals surface area contributed by atoms with Crippen LogP contribution < -0.4 is 11.1 Å². The van der Waals surface area contributed by atoms with Gasteiger partial charge in [-0.05, 0) is 32.9 Å². The number of carboxylic acid groups (broad SMARTS) is 1. The van der Waals surface area contributed by atoms with E-state index in [2.05, 4.69) is 5.32 Å². The number of carboxylic acids is 1. The van der Waals surface area contributed by atoms with E-state index in [0.717, 1.165) is 0 Å². The second kappa shape index (κ2) is 7.04. The zero-order valence-electron chi connectivity index (χ0n) is 12.8. The highest BCUT2D eigenvalue weighted by atomic mass is 16.6. The number of rotatable bonds is 5. The number of nitrogens with two attached hydrogens (primary N) is 1. The molecule has 0 aliphatic carbocycles. The van der Waals surface area contributed by atoms with Gasteiger partial charge in [0, 0.05) is 0 Å². The summed E-state index contributed by atoms with van der Waals surface area (Å²) in [7, 11) is 0. The van der Waals surface area contributed by atoms with Crippen LogP contribution in [0.2, 0.25) is 0 Å². The van der Waals surface area contributed by atoms with Gasteiger partial charge < -0.3 is 20.9 Å². The van der Waals surface area contributed by atoms with Crippen LogP contribution in [0.5, 0.6) is 0 Å². The van der Waals surface area contributed by atoms with Gasteiger partial charge in [-0.15, -0.1) is 0 Å². The Labute approximate surface area is 128 Å². The largest absolute Gasteiger partial charge is 0.478 e. The van der Waals surface area contributed by atoms with E-state index in [1.807, 2.05) is 0 Å². The van der Waals surface area contributed by atoms with Crippen molar-refractivity contribution in [1.29, 1.82) is 0 Å². The fraction of sp³-hybridized carbons (Fsp3) is 0.400. The van der Waals surface area contributed by atoms with E-state index < -0.39 is 29.5 Å². The van der Waals surface area contributed by atoms with E-state index in [4.69, 9.17) is 15.6 Å². The normalized spacial score (nSPS) is 12.4. The van der Waals surface area contributed by atoms with Crippen LogP contribution in [0.15, 0.2) is 24.3 Å². The summed E-state index contributed by atoms with van der Waals surface area (Å²) < 4.78 is 5.08. The topological polar surface area (TPSA) is 119 Å². The summed E-state index contributed by atoms with van der Waals surface area (Å²) in [6, 6.07) is 4.80. The molecule has 0 saturated carbocycles. The van der Waals surface area contributed by atoms with Gasteiger partial charge in [0.05, 0.1) is 23.7 Å². The molecule has 1 atom stereocenters. The Hall–Kier alpha value is -2.41. The van der Waals surface area contributed by atoms with Gasteiger partial charge in [-0.3, -0.25) is 9.59 Å². The lowest BCUT2D eigenvalue weighted by atomic mass is 10.1. The van der Waals surface area contributed by atoms with Crippen molar-refractivity contribution in [3.05, 3.63) is 29.8 Å². The number of esters is 1. The molecule has 0 aliphatic rings. The highest BCUT2D eigenvalue weighted by Crippen LogP contribution is 2.15. The van der Waals surface area contributed by atoms with Crippen LogP contribution in [0.3, 0.4) is 0 Å². The molecule has 1 aromatic carbocycles. The van der Waals surface area contributed by atoms with E-state index in [0.29, 0.717) is 0 Å². The van der Waals surface area contributed by atoms with E-state index in [-0.39, 0.29) is 17.7 Å². The lowest BCUT2D eigenvalue weighted by molar-refractivity contribution is -0.155. The number of amides is 1. The lowest BCUT2D eigenvalue weighted by Gasteiger charge is -2.20. The smallest absolute Gasteiger partial charge is 0.337 e. The Morgan fingerprint density at radius 1 is 1.27 bits per heavy atom. The van der Waals surface area contributed by atoms with Crippen molar-refractivity contribution in [3.8, 4) is 0 Å². The minimum atomic E-state index is -1.17. The Kier molecular flexibility index (Phi) is 5.64. The molecule has 1 rings (SSSR count). The average molecular weight is 308 g/mol. The van der Waals surface area contributed by atoms with Crippen LogP contribution in [0.4, 0.5) is 5.69 Å². The van der Waals surface area contributed by atoms with Gasteiger partial charge in [0.25, 0.3) is 0 Å². The third kappa shape index (κ3) is 5.53. The van der Waals surface area contributed by atoms with Crippen molar-refractivity contribution in [2.45, 2.75) is 38.8 Å². The Morgan fingerprint density at radius 3 is 2.41 bits per heavy atom. The number of hydrogen-bond acceptors (Lipinski definition) is 5. The van der Waals surface area contributed by atoms with Crippen molar-refractivity contribution in [3.63, 3.8) is 0 Å². The summed E-state index contributed by atoms with van der Waals surface area (Å²) in [5.74, 6) is -2.42. The first-order valence-corrected chi connectivity index (χ1v) is 6.71. The molecule has 0 aliphatic heterocycles. The Bertz CT molecular complexity index is 578. The number of ether oxygens (including phenoxy) is 1. The Morgan fingerprint density at radius 2 is 1.86 bits per heavy atom. The SMILES string of the molecule is CC(C)(C)OC(=O)C[C@H](N)C(=O)Nc1ccccc1C(=O)O. The summed E-state index contributed by atoms with van der Waals surface area (Å²) in [6.07, 6.45) is -0.293.